The number of hydrogen-bond acceptors (Lipinski definition) is 7. The van der Waals surface area contributed by atoms with Gasteiger partial charge in [0.25, 0.3) is 0 Å². The lowest BCUT2D eigenvalue weighted by Crippen LogP contribution is -2.63. The van der Waals surface area contributed by atoms with Crippen LogP contribution >= 0.6 is 0 Å². The molecule has 0 bridgehead atoms. The highest BCUT2D eigenvalue weighted by Gasteiger charge is 2.67. The van der Waals surface area contributed by atoms with Crippen molar-refractivity contribution < 1.29 is 33.7 Å². The van der Waals surface area contributed by atoms with Crippen molar-refractivity contribution in [2.75, 3.05) is 7.11 Å². The fourth-order valence-corrected chi connectivity index (χ4v) is 9.28. The predicted octanol–water partition coefficient (Wildman–Crippen LogP) is 4.29. The average Bonchev–Trinajstić information content (AvgIpc) is 3.13. The summed E-state index contributed by atoms with van der Waals surface area (Å²) in [7, 11) is 1.42. The molecular weight excluding hydrogens is 448 g/mol. The second-order valence-electron chi connectivity index (χ2n) is 12.4. The van der Waals surface area contributed by atoms with Gasteiger partial charge in [0.2, 0.25) is 0 Å². The molecule has 4 saturated carbocycles. The summed E-state index contributed by atoms with van der Waals surface area (Å²) in [6, 6.07) is 0. The summed E-state index contributed by atoms with van der Waals surface area (Å²) in [4.78, 5) is 36.7. The van der Waals surface area contributed by atoms with Crippen LogP contribution in [-0.2, 0) is 28.6 Å². The van der Waals surface area contributed by atoms with Crippen LogP contribution in [0.2, 0.25) is 0 Å². The molecule has 4 rings (SSSR count). The monoisotopic (exact) mass is 492 g/mol. The van der Waals surface area contributed by atoms with Crippen molar-refractivity contribution in [3.05, 3.63) is 0 Å². The maximum Gasteiger partial charge on any atom is 0.305 e. The van der Waals surface area contributed by atoms with Crippen molar-refractivity contribution in [3.8, 4) is 0 Å². The summed E-state index contributed by atoms with van der Waals surface area (Å²) in [6.45, 7) is 9.67. The molecule has 11 atom stereocenters. The zero-order valence-corrected chi connectivity index (χ0v) is 22.2. The molecule has 1 N–H and O–H groups in total. The standard InChI is InChI=1S/C28H44O7/c1-15(11-25(32)33-6)20-7-8-21-26-22(14-24(28(20,21)5)35-17(3)30)27(4)10-9-19(31)12-18(27)13-23(26)34-16(2)29/h15,18-24,26,31H,7-14H2,1-6H3/t15-,18+,19-,20-,21+,22+,23-,24+,26+,27+,28-/m1/s1. The zero-order valence-electron chi connectivity index (χ0n) is 22.2. The number of methoxy groups -OCH3 is 1. The van der Waals surface area contributed by atoms with Gasteiger partial charge < -0.3 is 19.3 Å². The van der Waals surface area contributed by atoms with Gasteiger partial charge in [0, 0.05) is 31.6 Å². The molecule has 0 unspecified atom stereocenters. The summed E-state index contributed by atoms with van der Waals surface area (Å²) in [6.07, 6.45) is 5.47. The molecule has 0 amide bonds. The number of aliphatic hydroxyl groups is 1. The molecule has 35 heavy (non-hydrogen) atoms. The molecule has 0 aromatic heterocycles. The summed E-state index contributed by atoms with van der Waals surface area (Å²) < 4.78 is 17.1. The van der Waals surface area contributed by atoms with Gasteiger partial charge in [-0.25, -0.2) is 0 Å². The zero-order chi connectivity index (χ0) is 25.7. The number of ether oxygens (including phenoxy) is 3. The Morgan fingerprint density at radius 2 is 1.66 bits per heavy atom. The highest BCUT2D eigenvalue weighted by Crippen LogP contribution is 2.69. The van der Waals surface area contributed by atoms with E-state index in [4.69, 9.17) is 14.2 Å². The van der Waals surface area contributed by atoms with Crippen LogP contribution in [0, 0.1) is 46.3 Å². The Balaban J connectivity index is 1.75. The minimum Gasteiger partial charge on any atom is -0.469 e. The highest BCUT2D eigenvalue weighted by atomic mass is 16.5. The van der Waals surface area contributed by atoms with Crippen molar-refractivity contribution in [2.45, 2.75) is 104 Å². The van der Waals surface area contributed by atoms with E-state index in [9.17, 15) is 19.5 Å². The second-order valence-corrected chi connectivity index (χ2v) is 12.4. The fraction of sp³-hybridized carbons (Fsp3) is 0.893. The minimum atomic E-state index is -0.309. The molecule has 198 valence electrons. The van der Waals surface area contributed by atoms with Crippen molar-refractivity contribution in [3.63, 3.8) is 0 Å². The third-order valence-electron chi connectivity index (χ3n) is 10.8. The van der Waals surface area contributed by atoms with E-state index in [0.29, 0.717) is 6.42 Å². The van der Waals surface area contributed by atoms with Gasteiger partial charge in [0.15, 0.2) is 0 Å². The van der Waals surface area contributed by atoms with E-state index in [-0.39, 0.29) is 82.6 Å². The van der Waals surface area contributed by atoms with Crippen molar-refractivity contribution in [1.29, 1.82) is 0 Å². The quantitative estimate of drug-likeness (QED) is 0.451. The first kappa shape index (κ1) is 26.4. The van der Waals surface area contributed by atoms with Gasteiger partial charge in [-0.15, -0.1) is 0 Å². The van der Waals surface area contributed by atoms with Crippen molar-refractivity contribution >= 4 is 17.9 Å². The van der Waals surface area contributed by atoms with Gasteiger partial charge in [0.05, 0.1) is 13.2 Å². The molecule has 4 fully saturated rings. The number of rotatable bonds is 5. The molecule has 4 aliphatic carbocycles. The number of carbonyl (C=O) groups excluding carboxylic acids is 3. The Morgan fingerprint density at radius 1 is 0.971 bits per heavy atom. The van der Waals surface area contributed by atoms with E-state index >= 15 is 0 Å². The number of carbonyl (C=O) groups is 3. The van der Waals surface area contributed by atoms with E-state index in [1.165, 1.54) is 21.0 Å². The molecule has 7 heteroatoms. The number of aliphatic hydroxyl groups excluding tert-OH is 1. The number of hydrogen-bond donors (Lipinski definition) is 1. The molecule has 4 aliphatic rings. The lowest BCUT2D eigenvalue weighted by molar-refractivity contribution is -0.223. The Bertz CT molecular complexity index is 841. The van der Waals surface area contributed by atoms with Gasteiger partial charge in [-0.2, -0.15) is 0 Å². The Labute approximate surface area is 209 Å². The maximum atomic E-state index is 12.3. The summed E-state index contributed by atoms with van der Waals surface area (Å²) in [5.74, 6) is 0.481. The largest absolute Gasteiger partial charge is 0.469 e. The molecule has 0 radical (unpaired) electrons. The average molecular weight is 493 g/mol. The number of fused-ring (bicyclic) bond motifs is 5. The van der Waals surface area contributed by atoms with Gasteiger partial charge in [-0.1, -0.05) is 20.8 Å². The first-order valence-electron chi connectivity index (χ1n) is 13.5. The Hall–Kier alpha value is -1.63. The molecule has 0 aliphatic heterocycles. The van der Waals surface area contributed by atoms with E-state index in [1.807, 2.05) is 0 Å². The van der Waals surface area contributed by atoms with Gasteiger partial charge >= 0.3 is 17.9 Å². The highest BCUT2D eigenvalue weighted by molar-refractivity contribution is 5.69. The third kappa shape index (κ3) is 4.51. The normalized spacial score (nSPS) is 45.3. The van der Waals surface area contributed by atoms with E-state index in [0.717, 1.165) is 44.9 Å². The van der Waals surface area contributed by atoms with Crippen LogP contribution in [-0.4, -0.2) is 48.4 Å². The first-order chi connectivity index (χ1) is 16.4. The lowest BCUT2D eigenvalue weighted by atomic mass is 9.43. The first-order valence-corrected chi connectivity index (χ1v) is 13.5. The lowest BCUT2D eigenvalue weighted by Gasteiger charge is -2.64. The minimum absolute atomic E-state index is 0.00991. The summed E-state index contributed by atoms with van der Waals surface area (Å²) in [5, 5.41) is 10.5. The molecule has 0 spiro atoms. The molecular formula is C28H44O7. The van der Waals surface area contributed by atoms with E-state index in [1.54, 1.807) is 0 Å². The van der Waals surface area contributed by atoms with Crippen molar-refractivity contribution in [2.24, 2.45) is 46.3 Å². The van der Waals surface area contributed by atoms with Crippen LogP contribution in [0.5, 0.6) is 0 Å². The number of esters is 3. The molecule has 0 heterocycles. The summed E-state index contributed by atoms with van der Waals surface area (Å²) >= 11 is 0. The van der Waals surface area contributed by atoms with Crippen LogP contribution in [0.4, 0.5) is 0 Å². The smallest absolute Gasteiger partial charge is 0.305 e. The predicted molar refractivity (Wildman–Crippen MR) is 129 cm³/mol. The van der Waals surface area contributed by atoms with Gasteiger partial charge in [0.1, 0.15) is 12.2 Å². The molecule has 0 aromatic rings. The van der Waals surface area contributed by atoms with Gasteiger partial charge in [-0.05, 0) is 80.0 Å². The van der Waals surface area contributed by atoms with Crippen LogP contribution in [0.1, 0.15) is 86.0 Å². The molecule has 0 saturated heterocycles. The van der Waals surface area contributed by atoms with Crippen LogP contribution in [0.15, 0.2) is 0 Å². The Kier molecular flexibility index (Phi) is 7.31. The Morgan fingerprint density at radius 3 is 2.29 bits per heavy atom. The SMILES string of the molecule is COC(=O)C[C@@H](C)[C@H]1CC[C@H]2[C@@H]3[C@H](OC(C)=O)C[C@@H]4C[C@H](O)CC[C@]4(C)[C@H]3C[C@H](OC(C)=O)[C@]12C. The van der Waals surface area contributed by atoms with Crippen molar-refractivity contribution in [1.82, 2.24) is 0 Å². The molecule has 0 aromatic carbocycles. The van der Waals surface area contributed by atoms with Crippen LogP contribution in [0.25, 0.3) is 0 Å². The van der Waals surface area contributed by atoms with Crippen LogP contribution in [0.3, 0.4) is 0 Å². The molecule has 7 nitrogen and oxygen atoms in total. The van der Waals surface area contributed by atoms with E-state index in [2.05, 4.69) is 20.8 Å². The fourth-order valence-electron chi connectivity index (χ4n) is 9.28. The third-order valence-corrected chi connectivity index (χ3v) is 10.8. The van der Waals surface area contributed by atoms with Gasteiger partial charge in [-0.3, -0.25) is 14.4 Å². The van der Waals surface area contributed by atoms with E-state index < -0.39 is 0 Å². The van der Waals surface area contributed by atoms with Crippen LogP contribution < -0.4 is 0 Å². The topological polar surface area (TPSA) is 99.1 Å². The second kappa shape index (κ2) is 9.68. The summed E-state index contributed by atoms with van der Waals surface area (Å²) in [5.41, 5.74) is -0.300. The maximum absolute atomic E-state index is 12.3.